The lowest BCUT2D eigenvalue weighted by Crippen LogP contribution is -2.44. The molecule has 2 aliphatic heterocycles. The Labute approximate surface area is 182 Å². The van der Waals surface area contributed by atoms with Crippen LogP contribution in [0.4, 0.5) is 5.13 Å². The first-order chi connectivity index (χ1) is 14.7. The smallest absolute Gasteiger partial charge is 0.224 e. The van der Waals surface area contributed by atoms with Gasteiger partial charge in [0.1, 0.15) is 11.6 Å². The molecule has 1 amide bonds. The second-order valence-corrected chi connectivity index (χ2v) is 8.88. The Balaban J connectivity index is 1.29. The molecule has 0 spiro atoms. The third-order valence-electron chi connectivity index (χ3n) is 5.94. The maximum atomic E-state index is 12.7. The largest absolute Gasteiger partial charge is 0.497 e. The van der Waals surface area contributed by atoms with Crippen LogP contribution in [-0.2, 0) is 11.2 Å². The van der Waals surface area contributed by atoms with Crippen LogP contribution in [0, 0.1) is 5.92 Å². The third kappa shape index (κ3) is 5.49. The highest BCUT2D eigenvalue weighted by molar-refractivity contribution is 7.09. The van der Waals surface area contributed by atoms with Gasteiger partial charge in [0.2, 0.25) is 11.0 Å². The van der Waals surface area contributed by atoms with Crippen LogP contribution in [0.1, 0.15) is 37.1 Å². The van der Waals surface area contributed by atoms with Crippen molar-refractivity contribution in [3.8, 4) is 5.75 Å². The molecule has 0 saturated carbocycles. The van der Waals surface area contributed by atoms with Gasteiger partial charge in [0.05, 0.1) is 13.0 Å². The molecule has 0 radical (unpaired) electrons. The van der Waals surface area contributed by atoms with E-state index < -0.39 is 0 Å². The Hall–Kier alpha value is -2.19. The molecule has 1 N–H and O–H groups in total. The van der Waals surface area contributed by atoms with Crippen molar-refractivity contribution in [2.75, 3.05) is 51.3 Å². The van der Waals surface area contributed by atoms with Crippen molar-refractivity contribution in [3.05, 3.63) is 35.7 Å². The van der Waals surface area contributed by atoms with Gasteiger partial charge in [0.15, 0.2) is 0 Å². The van der Waals surface area contributed by atoms with Gasteiger partial charge in [0, 0.05) is 44.1 Å². The quantitative estimate of drug-likeness (QED) is 0.696. The van der Waals surface area contributed by atoms with Gasteiger partial charge in [-0.3, -0.25) is 4.79 Å². The number of aromatic nitrogens is 2. The summed E-state index contributed by atoms with van der Waals surface area (Å²) in [6.07, 6.45) is 5.21. The first kappa shape index (κ1) is 21.1. The zero-order valence-electron chi connectivity index (χ0n) is 17.7. The highest BCUT2D eigenvalue weighted by Crippen LogP contribution is 2.26. The number of rotatable bonds is 8. The molecule has 0 bridgehead atoms. The van der Waals surface area contributed by atoms with Gasteiger partial charge in [-0.2, -0.15) is 4.37 Å². The van der Waals surface area contributed by atoms with Gasteiger partial charge in [-0.15, -0.1) is 0 Å². The predicted octanol–water partition coefficient (Wildman–Crippen LogP) is 2.57. The normalized spacial score (nSPS) is 19.8. The maximum absolute atomic E-state index is 12.7. The van der Waals surface area contributed by atoms with E-state index in [0.717, 1.165) is 61.3 Å². The van der Waals surface area contributed by atoms with E-state index in [4.69, 9.17) is 9.72 Å². The molecule has 1 aromatic carbocycles. The topological polar surface area (TPSA) is 70.6 Å². The van der Waals surface area contributed by atoms with E-state index in [0.29, 0.717) is 6.42 Å². The standard InChI is InChI=1S/C22H31N5O2S/c1-29-19-8-4-6-17(14-19)15-20-24-22(30-25-20)27-12-5-7-18(16-27)21(28)23-9-13-26-10-2-3-11-26/h4,6,8,14,18H,2-3,5,7,9-13,15-16H2,1H3,(H,23,28). The van der Waals surface area contributed by atoms with Crippen molar-refractivity contribution in [1.29, 1.82) is 0 Å². The number of anilines is 1. The molecule has 1 atom stereocenters. The van der Waals surface area contributed by atoms with Gasteiger partial charge in [-0.25, -0.2) is 4.98 Å². The van der Waals surface area contributed by atoms with Gasteiger partial charge >= 0.3 is 0 Å². The molecule has 0 aliphatic carbocycles. The SMILES string of the molecule is COc1cccc(Cc2nsc(N3CCCC(C(=O)NCCN4CCCC4)C3)n2)c1. The number of nitrogens with one attached hydrogen (secondary N) is 1. The number of carbonyl (C=O) groups is 1. The lowest BCUT2D eigenvalue weighted by molar-refractivity contribution is -0.125. The number of benzene rings is 1. The van der Waals surface area contributed by atoms with E-state index in [1.807, 2.05) is 18.2 Å². The molecule has 1 unspecified atom stereocenters. The molecule has 4 rings (SSSR count). The number of likely N-dealkylation sites (tertiary alicyclic amines) is 1. The Morgan fingerprint density at radius 2 is 2.13 bits per heavy atom. The monoisotopic (exact) mass is 429 g/mol. The maximum Gasteiger partial charge on any atom is 0.224 e. The summed E-state index contributed by atoms with van der Waals surface area (Å²) in [6, 6.07) is 8.00. The van der Waals surface area contributed by atoms with E-state index in [1.54, 1.807) is 7.11 Å². The van der Waals surface area contributed by atoms with Gasteiger partial charge < -0.3 is 19.9 Å². The molecule has 30 heavy (non-hydrogen) atoms. The molecule has 7 nitrogen and oxygen atoms in total. The molecule has 2 aromatic rings. The van der Waals surface area contributed by atoms with Crippen molar-refractivity contribution >= 4 is 22.6 Å². The number of carbonyl (C=O) groups excluding carboxylic acids is 1. The summed E-state index contributed by atoms with van der Waals surface area (Å²) in [7, 11) is 1.67. The van der Waals surface area contributed by atoms with Crippen LogP contribution in [0.5, 0.6) is 5.75 Å². The molecular weight excluding hydrogens is 398 g/mol. The molecular formula is C22H31N5O2S. The third-order valence-corrected chi connectivity index (χ3v) is 6.76. The zero-order valence-corrected chi connectivity index (χ0v) is 18.5. The summed E-state index contributed by atoms with van der Waals surface area (Å²) in [6.45, 7) is 5.71. The fourth-order valence-corrected chi connectivity index (χ4v) is 4.98. The molecule has 2 aliphatic rings. The van der Waals surface area contributed by atoms with E-state index in [-0.39, 0.29) is 11.8 Å². The first-order valence-corrected chi connectivity index (χ1v) is 11.7. The number of nitrogens with zero attached hydrogens (tertiary/aromatic N) is 4. The summed E-state index contributed by atoms with van der Waals surface area (Å²) in [5.41, 5.74) is 1.13. The number of amides is 1. The number of hydrogen-bond acceptors (Lipinski definition) is 7. The van der Waals surface area contributed by atoms with Gasteiger partial charge in [-0.1, -0.05) is 12.1 Å². The van der Waals surface area contributed by atoms with Crippen molar-refractivity contribution in [1.82, 2.24) is 19.6 Å². The summed E-state index contributed by atoms with van der Waals surface area (Å²) >= 11 is 1.43. The average Bonchev–Trinajstić information content (AvgIpc) is 3.46. The summed E-state index contributed by atoms with van der Waals surface area (Å²) in [5, 5.41) is 4.07. The number of piperidine rings is 1. The number of methoxy groups -OCH3 is 1. The van der Waals surface area contributed by atoms with E-state index >= 15 is 0 Å². The Kier molecular flexibility index (Phi) is 7.17. The molecule has 3 heterocycles. The number of hydrogen-bond donors (Lipinski definition) is 1. The first-order valence-electron chi connectivity index (χ1n) is 10.9. The minimum Gasteiger partial charge on any atom is -0.497 e. The molecule has 1 aromatic heterocycles. The molecule has 2 saturated heterocycles. The molecule has 8 heteroatoms. The van der Waals surface area contributed by atoms with Crippen LogP contribution < -0.4 is 15.0 Å². The predicted molar refractivity (Wildman–Crippen MR) is 119 cm³/mol. The van der Waals surface area contributed by atoms with Crippen LogP contribution in [0.25, 0.3) is 0 Å². The Morgan fingerprint density at radius 3 is 2.97 bits per heavy atom. The van der Waals surface area contributed by atoms with E-state index in [9.17, 15) is 4.79 Å². The highest BCUT2D eigenvalue weighted by atomic mass is 32.1. The summed E-state index contributed by atoms with van der Waals surface area (Å²) in [5.74, 6) is 1.88. The summed E-state index contributed by atoms with van der Waals surface area (Å²) < 4.78 is 9.84. The fourth-order valence-electron chi connectivity index (χ4n) is 4.26. The second kappa shape index (κ2) is 10.2. The fraction of sp³-hybridized carbons (Fsp3) is 0.591. The zero-order chi connectivity index (χ0) is 20.8. The van der Waals surface area contributed by atoms with Crippen LogP contribution in [0.3, 0.4) is 0 Å². The minimum absolute atomic E-state index is 0.0306. The van der Waals surface area contributed by atoms with Crippen molar-refractivity contribution < 1.29 is 9.53 Å². The van der Waals surface area contributed by atoms with Crippen molar-refractivity contribution in [3.63, 3.8) is 0 Å². The van der Waals surface area contributed by atoms with Crippen LogP contribution >= 0.6 is 11.5 Å². The Bertz CT molecular complexity index is 836. The van der Waals surface area contributed by atoms with Crippen LogP contribution in [0.2, 0.25) is 0 Å². The lowest BCUT2D eigenvalue weighted by atomic mass is 9.97. The Morgan fingerprint density at radius 1 is 1.27 bits per heavy atom. The number of ether oxygens (including phenoxy) is 1. The van der Waals surface area contributed by atoms with E-state index in [2.05, 4.69) is 25.6 Å². The lowest BCUT2D eigenvalue weighted by Gasteiger charge is -2.31. The minimum atomic E-state index is 0.0306. The van der Waals surface area contributed by atoms with Gasteiger partial charge in [0.25, 0.3) is 0 Å². The second-order valence-electron chi connectivity index (χ2n) is 8.15. The average molecular weight is 430 g/mol. The molecule has 2 fully saturated rings. The van der Waals surface area contributed by atoms with E-state index in [1.165, 1.54) is 37.5 Å². The van der Waals surface area contributed by atoms with Gasteiger partial charge in [-0.05, 0) is 56.5 Å². The van der Waals surface area contributed by atoms with Crippen molar-refractivity contribution in [2.45, 2.75) is 32.1 Å². The molecule has 162 valence electrons. The van der Waals surface area contributed by atoms with Crippen molar-refractivity contribution in [2.24, 2.45) is 5.92 Å². The van der Waals surface area contributed by atoms with Crippen LogP contribution in [-0.4, -0.2) is 66.5 Å². The highest BCUT2D eigenvalue weighted by Gasteiger charge is 2.27. The van der Waals surface area contributed by atoms with Crippen LogP contribution in [0.15, 0.2) is 24.3 Å². The summed E-state index contributed by atoms with van der Waals surface area (Å²) in [4.78, 5) is 22.1.